The minimum Gasteiger partial charge on any atom is -0.364 e. The molecule has 0 radical (unpaired) electrons. The molecule has 0 saturated carbocycles. The van der Waals surface area contributed by atoms with Crippen LogP contribution in [0.15, 0.2) is 46.1 Å². The van der Waals surface area contributed by atoms with Gasteiger partial charge in [-0.25, -0.2) is 13.4 Å². The Labute approximate surface area is 208 Å². The second-order valence-electron chi connectivity index (χ2n) is 8.75. The number of guanidine groups is 1. The van der Waals surface area contributed by atoms with E-state index in [0.717, 1.165) is 18.1 Å². The van der Waals surface area contributed by atoms with E-state index in [-0.39, 0.29) is 35.1 Å². The van der Waals surface area contributed by atoms with Gasteiger partial charge in [0.1, 0.15) is 12.0 Å². The normalized spacial score (nSPS) is 16.0. The summed E-state index contributed by atoms with van der Waals surface area (Å²) in [6.07, 6.45) is 1.39. The van der Waals surface area contributed by atoms with Crippen LogP contribution in [0.1, 0.15) is 44.5 Å². The predicted molar refractivity (Wildman–Crippen MR) is 138 cm³/mol. The van der Waals surface area contributed by atoms with E-state index >= 15 is 0 Å². The average Bonchev–Trinajstić information content (AvgIpc) is 3.23. The fraction of sp³-hybridized carbons (Fsp3) is 0.545. The highest BCUT2D eigenvalue weighted by Crippen LogP contribution is 2.22. The lowest BCUT2D eigenvalue weighted by Gasteiger charge is -2.35. The Balaban J connectivity index is 0.00000363. The molecule has 10 heteroatoms. The minimum absolute atomic E-state index is 0. The fourth-order valence-corrected chi connectivity index (χ4v) is 4.90. The Kier molecular flexibility index (Phi) is 9.53. The molecule has 0 aliphatic carbocycles. The van der Waals surface area contributed by atoms with Gasteiger partial charge in [-0.05, 0) is 23.5 Å². The lowest BCUT2D eigenvalue weighted by atomic mass is 9.87. The van der Waals surface area contributed by atoms with Gasteiger partial charge in [0, 0.05) is 38.8 Å². The number of nitrogens with one attached hydrogen (secondary N) is 1. The van der Waals surface area contributed by atoms with Crippen molar-refractivity contribution in [2.75, 3.05) is 32.7 Å². The smallest absolute Gasteiger partial charge is 0.220 e. The van der Waals surface area contributed by atoms with E-state index in [4.69, 9.17) is 9.52 Å². The van der Waals surface area contributed by atoms with Gasteiger partial charge < -0.3 is 14.7 Å². The second kappa shape index (κ2) is 11.5. The molecule has 3 rings (SSSR count). The molecule has 32 heavy (non-hydrogen) atoms. The first-order valence-electron chi connectivity index (χ1n) is 10.7. The molecule has 178 valence electrons. The topological polar surface area (TPSA) is 91.0 Å². The Morgan fingerprint density at radius 1 is 1.12 bits per heavy atom. The highest BCUT2D eigenvalue weighted by Gasteiger charge is 2.29. The molecular formula is C22H34IN5O3S. The Hall–Kier alpha value is -1.66. The third-order valence-corrected chi connectivity index (χ3v) is 7.13. The molecule has 1 aliphatic rings. The van der Waals surface area contributed by atoms with Crippen LogP contribution in [0.5, 0.6) is 0 Å². The lowest BCUT2D eigenvalue weighted by Crippen LogP contribution is -2.53. The number of aliphatic imine (C=N–C) groups is 1. The fourth-order valence-electron chi connectivity index (χ4n) is 3.47. The zero-order valence-electron chi connectivity index (χ0n) is 19.2. The number of nitrogens with zero attached hydrogens (tertiary/aromatic N) is 4. The maximum absolute atomic E-state index is 12.6. The van der Waals surface area contributed by atoms with E-state index in [9.17, 15) is 8.42 Å². The molecule has 0 unspecified atom stereocenters. The van der Waals surface area contributed by atoms with Gasteiger partial charge in [0.05, 0.1) is 12.2 Å². The predicted octanol–water partition coefficient (Wildman–Crippen LogP) is 3.20. The van der Waals surface area contributed by atoms with Crippen molar-refractivity contribution in [3.8, 4) is 0 Å². The van der Waals surface area contributed by atoms with Gasteiger partial charge in [-0.15, -0.1) is 24.0 Å². The maximum atomic E-state index is 12.6. The van der Waals surface area contributed by atoms with Crippen LogP contribution < -0.4 is 5.32 Å². The summed E-state index contributed by atoms with van der Waals surface area (Å²) in [4.78, 5) is 6.91. The number of sulfonamides is 1. The summed E-state index contributed by atoms with van der Waals surface area (Å²) in [6, 6.07) is 10.2. The largest absolute Gasteiger partial charge is 0.364 e. The van der Waals surface area contributed by atoms with Crippen LogP contribution in [0.3, 0.4) is 0 Å². The molecule has 1 aromatic heterocycles. The van der Waals surface area contributed by atoms with Crippen molar-refractivity contribution in [3.63, 3.8) is 0 Å². The molecule has 0 amide bonds. The first-order valence-corrected chi connectivity index (χ1v) is 12.3. The van der Waals surface area contributed by atoms with Gasteiger partial charge in [-0.1, -0.05) is 50.2 Å². The first-order chi connectivity index (χ1) is 14.7. The van der Waals surface area contributed by atoms with Crippen LogP contribution in [0.25, 0.3) is 0 Å². The van der Waals surface area contributed by atoms with Gasteiger partial charge in [0.15, 0.2) is 5.96 Å². The third-order valence-electron chi connectivity index (χ3n) is 5.32. The van der Waals surface area contributed by atoms with Crippen LogP contribution in [-0.4, -0.2) is 61.5 Å². The molecule has 1 saturated heterocycles. The zero-order chi connectivity index (χ0) is 22.5. The molecule has 0 atom stereocenters. The Morgan fingerprint density at radius 3 is 2.31 bits per heavy atom. The molecule has 1 N–H and O–H groups in total. The number of hydrogen-bond donors (Lipinski definition) is 1. The number of benzene rings is 1. The molecule has 0 spiro atoms. The molecule has 8 nitrogen and oxygen atoms in total. The standard InChI is InChI=1S/C22H33N5O3S.HI/c1-5-23-21(24-16-18-6-8-19(9-7-18)22(2,3)4)26-11-13-27(14-12-26)31(28,29)17-20-10-15-30-25-20;/h6-10,15H,5,11-14,16-17H2,1-4H3,(H,23,24);1H. The van der Waals surface area contributed by atoms with Crippen molar-refractivity contribution in [1.82, 2.24) is 19.7 Å². The number of rotatable bonds is 6. The van der Waals surface area contributed by atoms with E-state index in [1.807, 2.05) is 6.92 Å². The highest BCUT2D eigenvalue weighted by atomic mass is 127. The van der Waals surface area contributed by atoms with Gasteiger partial charge in [0.2, 0.25) is 10.0 Å². The van der Waals surface area contributed by atoms with Crippen LogP contribution in [0, 0.1) is 0 Å². The minimum atomic E-state index is -3.42. The summed E-state index contributed by atoms with van der Waals surface area (Å²) >= 11 is 0. The number of aromatic nitrogens is 1. The lowest BCUT2D eigenvalue weighted by molar-refractivity contribution is 0.259. The summed E-state index contributed by atoms with van der Waals surface area (Å²) in [5, 5.41) is 7.05. The van der Waals surface area contributed by atoms with Crippen molar-refractivity contribution in [3.05, 3.63) is 53.4 Å². The molecule has 0 bridgehead atoms. The molecule has 2 heterocycles. The monoisotopic (exact) mass is 575 g/mol. The van der Waals surface area contributed by atoms with Crippen LogP contribution in [-0.2, 0) is 27.7 Å². The second-order valence-corrected chi connectivity index (χ2v) is 10.7. The third kappa shape index (κ3) is 7.17. The van der Waals surface area contributed by atoms with Gasteiger partial charge in [-0.3, -0.25) is 0 Å². The first kappa shape index (κ1) is 26.6. The summed E-state index contributed by atoms with van der Waals surface area (Å²) in [5.41, 5.74) is 3.01. The van der Waals surface area contributed by atoms with E-state index < -0.39 is 10.0 Å². The maximum Gasteiger partial charge on any atom is 0.220 e. The summed E-state index contributed by atoms with van der Waals surface area (Å²) < 4.78 is 31.6. The molecule has 1 aromatic carbocycles. The van der Waals surface area contributed by atoms with E-state index in [2.05, 4.69) is 60.4 Å². The van der Waals surface area contributed by atoms with Crippen molar-refractivity contribution in [2.24, 2.45) is 4.99 Å². The van der Waals surface area contributed by atoms with Gasteiger partial charge in [0.25, 0.3) is 0 Å². The van der Waals surface area contributed by atoms with Crippen molar-refractivity contribution in [2.45, 2.75) is 45.4 Å². The van der Waals surface area contributed by atoms with Crippen molar-refractivity contribution < 1.29 is 12.9 Å². The molecule has 2 aromatic rings. The zero-order valence-corrected chi connectivity index (χ0v) is 22.4. The summed E-state index contributed by atoms with van der Waals surface area (Å²) in [6.45, 7) is 12.0. The van der Waals surface area contributed by atoms with Crippen LogP contribution >= 0.6 is 24.0 Å². The summed E-state index contributed by atoms with van der Waals surface area (Å²) in [7, 11) is -3.42. The molecular weight excluding hydrogens is 541 g/mol. The highest BCUT2D eigenvalue weighted by molar-refractivity contribution is 14.0. The quantitative estimate of drug-likeness (QED) is 0.323. The van der Waals surface area contributed by atoms with Gasteiger partial charge in [-0.2, -0.15) is 4.31 Å². The molecule has 1 aliphatic heterocycles. The van der Waals surface area contributed by atoms with Crippen molar-refractivity contribution in [1.29, 1.82) is 0 Å². The Morgan fingerprint density at radius 2 is 1.78 bits per heavy atom. The average molecular weight is 576 g/mol. The number of piperazine rings is 1. The van der Waals surface area contributed by atoms with Gasteiger partial charge >= 0.3 is 0 Å². The van der Waals surface area contributed by atoms with E-state index in [1.165, 1.54) is 16.1 Å². The van der Waals surface area contributed by atoms with E-state index in [1.54, 1.807) is 6.07 Å². The SMILES string of the molecule is CCNC(=NCc1ccc(C(C)(C)C)cc1)N1CCN(S(=O)(=O)Cc2ccon2)CC1.I. The van der Waals surface area contributed by atoms with E-state index in [0.29, 0.717) is 38.4 Å². The molecule has 1 fully saturated rings. The summed E-state index contributed by atoms with van der Waals surface area (Å²) in [5.74, 6) is 0.679. The van der Waals surface area contributed by atoms with Crippen LogP contribution in [0.4, 0.5) is 0 Å². The number of hydrogen-bond acceptors (Lipinski definition) is 5. The Bertz CT molecular complexity index is 962. The van der Waals surface area contributed by atoms with Crippen LogP contribution in [0.2, 0.25) is 0 Å². The van der Waals surface area contributed by atoms with Crippen molar-refractivity contribution >= 4 is 40.0 Å². The number of halogens is 1.